The minimum atomic E-state index is -0.0803. The molecule has 0 spiro atoms. The third-order valence-electron chi connectivity index (χ3n) is 4.42. The zero-order chi connectivity index (χ0) is 17.9. The van der Waals surface area contributed by atoms with Gasteiger partial charge in [-0.1, -0.05) is 30.3 Å². The average molecular weight is 328 g/mol. The molecule has 0 aliphatic rings. The lowest BCUT2D eigenvalue weighted by molar-refractivity contribution is 0.176. The second-order valence-electron chi connectivity index (χ2n) is 6.59. The Morgan fingerprint density at radius 1 is 1.21 bits per heavy atom. The molecule has 0 saturated carbocycles. The molecular formula is C19H28N4O. The summed E-state index contributed by atoms with van der Waals surface area (Å²) in [5, 5.41) is 7.56. The van der Waals surface area contributed by atoms with Crippen molar-refractivity contribution in [2.24, 2.45) is 7.05 Å². The van der Waals surface area contributed by atoms with Gasteiger partial charge in [0.15, 0.2) is 0 Å². The topological polar surface area (TPSA) is 50.2 Å². The summed E-state index contributed by atoms with van der Waals surface area (Å²) in [5.74, 6) is 0. The van der Waals surface area contributed by atoms with Crippen molar-refractivity contribution >= 4 is 6.03 Å². The predicted molar refractivity (Wildman–Crippen MR) is 96.7 cm³/mol. The first-order chi connectivity index (χ1) is 11.3. The summed E-state index contributed by atoms with van der Waals surface area (Å²) >= 11 is 0. The number of aryl methyl sites for hydroxylation is 2. The highest BCUT2D eigenvalue weighted by molar-refractivity contribution is 5.75. The molecule has 1 aromatic heterocycles. The van der Waals surface area contributed by atoms with E-state index in [1.807, 2.05) is 81.6 Å². The van der Waals surface area contributed by atoms with Gasteiger partial charge in [-0.05, 0) is 40.2 Å². The molecule has 1 unspecified atom stereocenters. The van der Waals surface area contributed by atoms with E-state index in [4.69, 9.17) is 0 Å². The quantitative estimate of drug-likeness (QED) is 0.909. The summed E-state index contributed by atoms with van der Waals surface area (Å²) in [6, 6.07) is 10.1. The van der Waals surface area contributed by atoms with Gasteiger partial charge in [0.05, 0.1) is 11.7 Å². The molecule has 0 fully saturated rings. The lowest BCUT2D eigenvalue weighted by atomic mass is 10.1. The zero-order valence-corrected chi connectivity index (χ0v) is 15.5. The van der Waals surface area contributed by atoms with Crippen LogP contribution in [0.4, 0.5) is 4.79 Å². The van der Waals surface area contributed by atoms with Crippen LogP contribution in [-0.2, 0) is 13.6 Å². The van der Waals surface area contributed by atoms with Crippen molar-refractivity contribution in [2.75, 3.05) is 0 Å². The van der Waals surface area contributed by atoms with Gasteiger partial charge in [-0.3, -0.25) is 4.68 Å². The number of carbonyl (C=O) groups excluding carboxylic acids is 1. The Morgan fingerprint density at radius 2 is 1.83 bits per heavy atom. The van der Waals surface area contributed by atoms with Crippen LogP contribution in [0.1, 0.15) is 49.3 Å². The molecule has 0 saturated heterocycles. The van der Waals surface area contributed by atoms with Gasteiger partial charge in [0, 0.05) is 30.9 Å². The Kier molecular flexibility index (Phi) is 5.65. The van der Waals surface area contributed by atoms with Gasteiger partial charge in [-0.25, -0.2) is 4.79 Å². The molecule has 1 heterocycles. The molecule has 0 radical (unpaired) electrons. The van der Waals surface area contributed by atoms with E-state index in [-0.39, 0.29) is 18.1 Å². The fourth-order valence-corrected chi connectivity index (χ4v) is 3.03. The fourth-order valence-electron chi connectivity index (χ4n) is 3.03. The molecule has 1 N–H and O–H groups in total. The van der Waals surface area contributed by atoms with E-state index >= 15 is 0 Å². The molecule has 130 valence electrons. The Balaban J connectivity index is 2.13. The van der Waals surface area contributed by atoms with Crippen LogP contribution in [0.25, 0.3) is 0 Å². The molecule has 0 bridgehead atoms. The van der Waals surface area contributed by atoms with Crippen molar-refractivity contribution in [1.29, 1.82) is 0 Å². The van der Waals surface area contributed by atoms with Gasteiger partial charge in [-0.2, -0.15) is 5.10 Å². The summed E-state index contributed by atoms with van der Waals surface area (Å²) in [6.45, 7) is 10.7. The van der Waals surface area contributed by atoms with Crippen molar-refractivity contribution in [2.45, 2.75) is 53.2 Å². The number of hydrogen-bond acceptors (Lipinski definition) is 2. The molecule has 2 amide bonds. The fraction of sp³-hybridized carbons (Fsp3) is 0.474. The standard InChI is InChI=1S/C19H28N4O/c1-13(2)23(12-17-10-8-7-9-11-17)19(24)20-14(3)18-15(4)21-22(6)16(18)5/h7-11,13-14H,12H2,1-6H3,(H,20,24). The van der Waals surface area contributed by atoms with Crippen LogP contribution in [0.3, 0.4) is 0 Å². The number of nitrogens with one attached hydrogen (secondary N) is 1. The summed E-state index contributed by atoms with van der Waals surface area (Å²) in [4.78, 5) is 14.6. The molecule has 1 atom stereocenters. The monoisotopic (exact) mass is 328 g/mol. The maximum Gasteiger partial charge on any atom is 0.318 e. The van der Waals surface area contributed by atoms with E-state index in [0.717, 1.165) is 22.5 Å². The second-order valence-corrected chi connectivity index (χ2v) is 6.59. The smallest absolute Gasteiger partial charge is 0.318 e. The lowest BCUT2D eigenvalue weighted by Crippen LogP contribution is -2.44. The number of carbonyl (C=O) groups is 1. The third kappa shape index (κ3) is 3.96. The summed E-state index contributed by atoms with van der Waals surface area (Å²) < 4.78 is 1.86. The number of benzene rings is 1. The Labute approximate surface area is 144 Å². The Bertz CT molecular complexity index is 691. The third-order valence-corrected chi connectivity index (χ3v) is 4.42. The van der Waals surface area contributed by atoms with Crippen LogP contribution in [0.5, 0.6) is 0 Å². The van der Waals surface area contributed by atoms with Crippen LogP contribution in [-0.4, -0.2) is 26.8 Å². The van der Waals surface area contributed by atoms with E-state index in [1.54, 1.807) is 0 Å². The normalized spacial score (nSPS) is 12.3. The van der Waals surface area contributed by atoms with E-state index in [0.29, 0.717) is 6.54 Å². The highest BCUT2D eigenvalue weighted by atomic mass is 16.2. The van der Waals surface area contributed by atoms with Crippen molar-refractivity contribution in [3.8, 4) is 0 Å². The van der Waals surface area contributed by atoms with Gasteiger partial charge in [-0.15, -0.1) is 0 Å². The molecule has 1 aromatic carbocycles. The van der Waals surface area contributed by atoms with E-state index in [1.165, 1.54) is 0 Å². The molecule has 0 aliphatic carbocycles. The highest BCUT2D eigenvalue weighted by Crippen LogP contribution is 2.21. The SMILES string of the molecule is Cc1nn(C)c(C)c1C(C)NC(=O)N(Cc1ccccc1)C(C)C. The van der Waals surface area contributed by atoms with E-state index < -0.39 is 0 Å². The van der Waals surface area contributed by atoms with E-state index in [9.17, 15) is 4.79 Å². The lowest BCUT2D eigenvalue weighted by Gasteiger charge is -2.29. The summed E-state index contributed by atoms with van der Waals surface area (Å²) in [7, 11) is 1.93. The molecule has 24 heavy (non-hydrogen) atoms. The van der Waals surface area contributed by atoms with Gasteiger partial charge in [0.25, 0.3) is 0 Å². The van der Waals surface area contributed by atoms with Gasteiger partial charge >= 0.3 is 6.03 Å². The molecule has 5 heteroatoms. The molecular weight excluding hydrogens is 300 g/mol. The number of aromatic nitrogens is 2. The minimum absolute atomic E-state index is 0.0518. The van der Waals surface area contributed by atoms with Crippen LogP contribution >= 0.6 is 0 Å². The van der Waals surface area contributed by atoms with Gasteiger partial charge in [0.1, 0.15) is 0 Å². The van der Waals surface area contributed by atoms with Gasteiger partial charge < -0.3 is 10.2 Å². The molecule has 5 nitrogen and oxygen atoms in total. The van der Waals surface area contributed by atoms with Crippen molar-refractivity contribution < 1.29 is 4.79 Å². The number of amides is 2. The van der Waals surface area contributed by atoms with Gasteiger partial charge in [0.2, 0.25) is 0 Å². The van der Waals surface area contributed by atoms with Crippen LogP contribution in [0.15, 0.2) is 30.3 Å². The molecule has 2 rings (SSSR count). The minimum Gasteiger partial charge on any atom is -0.331 e. The Morgan fingerprint density at radius 3 is 2.33 bits per heavy atom. The summed E-state index contributed by atoms with van der Waals surface area (Å²) in [5.41, 5.74) is 4.26. The second kappa shape index (κ2) is 7.51. The van der Waals surface area contributed by atoms with Crippen LogP contribution in [0.2, 0.25) is 0 Å². The van der Waals surface area contributed by atoms with Crippen molar-refractivity contribution in [1.82, 2.24) is 20.0 Å². The number of rotatable bonds is 5. The first-order valence-corrected chi connectivity index (χ1v) is 8.42. The molecule has 2 aromatic rings. The maximum absolute atomic E-state index is 12.8. The summed E-state index contributed by atoms with van der Waals surface area (Å²) in [6.07, 6.45) is 0. The first kappa shape index (κ1) is 18.0. The average Bonchev–Trinajstić information content (AvgIpc) is 2.78. The molecule has 0 aliphatic heterocycles. The number of nitrogens with zero attached hydrogens (tertiary/aromatic N) is 3. The van der Waals surface area contributed by atoms with Crippen molar-refractivity contribution in [3.05, 3.63) is 52.8 Å². The Hall–Kier alpha value is -2.30. The van der Waals surface area contributed by atoms with Crippen LogP contribution < -0.4 is 5.32 Å². The van der Waals surface area contributed by atoms with Crippen molar-refractivity contribution in [3.63, 3.8) is 0 Å². The predicted octanol–water partition coefficient (Wildman–Crippen LogP) is 3.72. The zero-order valence-electron chi connectivity index (χ0n) is 15.5. The maximum atomic E-state index is 12.8. The largest absolute Gasteiger partial charge is 0.331 e. The van der Waals surface area contributed by atoms with Crippen LogP contribution in [0, 0.1) is 13.8 Å². The first-order valence-electron chi connectivity index (χ1n) is 8.42. The highest BCUT2D eigenvalue weighted by Gasteiger charge is 2.22. The number of hydrogen-bond donors (Lipinski definition) is 1. The number of urea groups is 1. The van der Waals surface area contributed by atoms with E-state index in [2.05, 4.69) is 10.4 Å².